The van der Waals surface area contributed by atoms with Crippen LogP contribution in [0.2, 0.25) is 0 Å². The van der Waals surface area contributed by atoms with Crippen molar-refractivity contribution in [3.05, 3.63) is 11.7 Å². The summed E-state index contributed by atoms with van der Waals surface area (Å²) < 4.78 is 5.25. The lowest BCUT2D eigenvalue weighted by molar-refractivity contribution is -0.137. The molecular weight excluding hydrogens is 246 g/mol. The first-order valence-electron chi connectivity index (χ1n) is 6.65. The van der Waals surface area contributed by atoms with E-state index in [2.05, 4.69) is 10.1 Å². The van der Waals surface area contributed by atoms with Gasteiger partial charge in [0.1, 0.15) is 0 Å². The Bertz CT molecular complexity index is 446. The molecule has 106 valence electrons. The van der Waals surface area contributed by atoms with Crippen LogP contribution in [0, 0.1) is 0 Å². The van der Waals surface area contributed by atoms with E-state index in [4.69, 9.17) is 9.63 Å². The van der Waals surface area contributed by atoms with E-state index in [-0.39, 0.29) is 12.0 Å². The van der Waals surface area contributed by atoms with E-state index in [0.29, 0.717) is 24.9 Å². The van der Waals surface area contributed by atoms with Crippen molar-refractivity contribution >= 4 is 5.97 Å². The minimum absolute atomic E-state index is 0.112. The molecule has 1 saturated carbocycles. The number of rotatable bonds is 6. The Morgan fingerprint density at radius 1 is 1.47 bits per heavy atom. The summed E-state index contributed by atoms with van der Waals surface area (Å²) in [7, 11) is 0. The predicted octanol–water partition coefficient (Wildman–Crippen LogP) is 2.02. The van der Waals surface area contributed by atoms with Gasteiger partial charge in [0.15, 0.2) is 5.82 Å². The van der Waals surface area contributed by atoms with Crippen molar-refractivity contribution in [2.75, 3.05) is 6.54 Å². The molecule has 1 fully saturated rings. The summed E-state index contributed by atoms with van der Waals surface area (Å²) in [6.07, 6.45) is 2.39. The van der Waals surface area contributed by atoms with Crippen molar-refractivity contribution in [1.82, 2.24) is 15.0 Å². The maximum absolute atomic E-state index is 10.7. The van der Waals surface area contributed by atoms with Crippen LogP contribution in [0.5, 0.6) is 0 Å². The van der Waals surface area contributed by atoms with Gasteiger partial charge in [-0.2, -0.15) is 4.98 Å². The first-order valence-corrected chi connectivity index (χ1v) is 6.65. The topological polar surface area (TPSA) is 79.5 Å². The molecule has 0 bridgehead atoms. The van der Waals surface area contributed by atoms with Crippen LogP contribution in [-0.4, -0.2) is 38.2 Å². The third-order valence-corrected chi connectivity index (χ3v) is 3.30. The van der Waals surface area contributed by atoms with Crippen LogP contribution >= 0.6 is 0 Å². The highest BCUT2D eigenvalue weighted by Crippen LogP contribution is 2.38. The second kappa shape index (κ2) is 5.28. The monoisotopic (exact) mass is 267 g/mol. The Labute approximate surface area is 112 Å². The van der Waals surface area contributed by atoms with E-state index in [1.807, 2.05) is 25.7 Å². The summed E-state index contributed by atoms with van der Waals surface area (Å²) in [5, 5.41) is 12.8. The fourth-order valence-electron chi connectivity index (χ4n) is 1.89. The molecule has 0 unspecified atom stereocenters. The second-order valence-electron chi connectivity index (χ2n) is 6.06. The van der Waals surface area contributed by atoms with Crippen LogP contribution in [0.25, 0.3) is 0 Å². The van der Waals surface area contributed by atoms with Gasteiger partial charge in [-0.1, -0.05) is 5.16 Å². The molecule has 0 aliphatic heterocycles. The van der Waals surface area contributed by atoms with E-state index >= 15 is 0 Å². The zero-order valence-corrected chi connectivity index (χ0v) is 11.7. The Morgan fingerprint density at radius 2 is 2.16 bits per heavy atom. The molecule has 0 radical (unpaired) electrons. The van der Waals surface area contributed by atoms with Crippen molar-refractivity contribution in [3.63, 3.8) is 0 Å². The van der Waals surface area contributed by atoms with Crippen LogP contribution in [0.15, 0.2) is 4.52 Å². The van der Waals surface area contributed by atoms with Gasteiger partial charge in [0.2, 0.25) is 5.89 Å². The van der Waals surface area contributed by atoms with Crippen LogP contribution in [0.3, 0.4) is 0 Å². The number of hydrogen-bond acceptors (Lipinski definition) is 5. The van der Waals surface area contributed by atoms with Gasteiger partial charge >= 0.3 is 5.97 Å². The summed E-state index contributed by atoms with van der Waals surface area (Å²) in [6.45, 7) is 7.11. The third kappa shape index (κ3) is 4.02. The van der Waals surface area contributed by atoms with Gasteiger partial charge in [-0.3, -0.25) is 9.69 Å². The van der Waals surface area contributed by atoms with Crippen molar-refractivity contribution < 1.29 is 14.4 Å². The smallest absolute Gasteiger partial charge is 0.304 e. The lowest BCUT2D eigenvalue weighted by Gasteiger charge is -2.34. The summed E-state index contributed by atoms with van der Waals surface area (Å²) in [4.78, 5) is 17.1. The number of aromatic nitrogens is 2. The largest absolute Gasteiger partial charge is 0.481 e. The molecule has 19 heavy (non-hydrogen) atoms. The number of carbonyl (C=O) groups is 1. The van der Waals surface area contributed by atoms with E-state index in [1.165, 1.54) is 0 Å². The molecule has 1 aliphatic carbocycles. The summed E-state index contributed by atoms with van der Waals surface area (Å²) in [5.41, 5.74) is -0.135. The average molecular weight is 267 g/mol. The van der Waals surface area contributed by atoms with Gasteiger partial charge in [-0.05, 0) is 33.6 Å². The van der Waals surface area contributed by atoms with E-state index < -0.39 is 5.97 Å². The summed E-state index contributed by atoms with van der Waals surface area (Å²) >= 11 is 0. The van der Waals surface area contributed by atoms with Gasteiger partial charge in [-0.25, -0.2) is 0 Å². The zero-order chi connectivity index (χ0) is 14.0. The van der Waals surface area contributed by atoms with Crippen molar-refractivity contribution in [2.24, 2.45) is 0 Å². The maximum Gasteiger partial charge on any atom is 0.304 e. The van der Waals surface area contributed by atoms with Crippen molar-refractivity contribution in [2.45, 2.75) is 58.0 Å². The third-order valence-electron chi connectivity index (χ3n) is 3.30. The number of carboxylic acids is 1. The molecule has 1 aliphatic rings. The number of hydrogen-bond donors (Lipinski definition) is 1. The van der Waals surface area contributed by atoms with Crippen LogP contribution in [0.1, 0.15) is 57.7 Å². The molecule has 2 rings (SSSR count). The Morgan fingerprint density at radius 3 is 2.68 bits per heavy atom. The molecule has 1 heterocycles. The molecule has 1 N–H and O–H groups in total. The number of aliphatic carboxylic acids is 1. The Balaban J connectivity index is 1.99. The normalized spacial score (nSPS) is 16.0. The highest BCUT2D eigenvalue weighted by atomic mass is 16.5. The van der Waals surface area contributed by atoms with Crippen molar-refractivity contribution in [3.8, 4) is 0 Å². The quantitative estimate of drug-likeness (QED) is 0.849. The minimum Gasteiger partial charge on any atom is -0.481 e. The predicted molar refractivity (Wildman–Crippen MR) is 68.7 cm³/mol. The molecule has 0 aromatic carbocycles. The van der Waals surface area contributed by atoms with Crippen LogP contribution in [0.4, 0.5) is 0 Å². The molecule has 6 heteroatoms. The summed E-state index contributed by atoms with van der Waals surface area (Å²) in [5.74, 6) is 1.04. The van der Waals surface area contributed by atoms with E-state index in [9.17, 15) is 4.79 Å². The Kier molecular flexibility index (Phi) is 3.89. The first kappa shape index (κ1) is 14.0. The molecule has 1 aromatic rings. The lowest BCUT2D eigenvalue weighted by atomic mass is 10.1. The molecule has 0 atom stereocenters. The fourth-order valence-corrected chi connectivity index (χ4v) is 1.89. The highest BCUT2D eigenvalue weighted by molar-refractivity contribution is 5.66. The van der Waals surface area contributed by atoms with Gasteiger partial charge in [0, 0.05) is 18.0 Å². The van der Waals surface area contributed by atoms with Crippen LogP contribution < -0.4 is 0 Å². The molecule has 1 aromatic heterocycles. The summed E-state index contributed by atoms with van der Waals surface area (Å²) in [6, 6.07) is 0. The van der Waals surface area contributed by atoms with Crippen LogP contribution in [-0.2, 0) is 11.3 Å². The SMILES string of the molecule is CC(C)(C)N(CCC(=O)O)Cc1nc(C2CC2)no1. The maximum atomic E-state index is 10.7. The van der Waals surface area contributed by atoms with E-state index in [1.54, 1.807) is 0 Å². The first-order chi connectivity index (χ1) is 8.86. The minimum atomic E-state index is -0.793. The van der Waals surface area contributed by atoms with Gasteiger partial charge in [0.25, 0.3) is 0 Å². The standard InChI is InChI=1S/C13H21N3O3/c1-13(2,3)16(7-6-11(17)18)8-10-14-12(15-19-10)9-4-5-9/h9H,4-8H2,1-3H3,(H,17,18). The fraction of sp³-hybridized carbons (Fsp3) is 0.769. The molecule has 6 nitrogen and oxygen atoms in total. The van der Waals surface area contributed by atoms with Gasteiger partial charge < -0.3 is 9.63 Å². The lowest BCUT2D eigenvalue weighted by Crippen LogP contribution is -2.42. The number of carboxylic acid groups (broad SMARTS) is 1. The average Bonchev–Trinajstić information content (AvgIpc) is 3.03. The van der Waals surface area contributed by atoms with Crippen molar-refractivity contribution in [1.29, 1.82) is 0 Å². The molecular formula is C13H21N3O3. The Hall–Kier alpha value is -1.43. The molecule has 0 saturated heterocycles. The zero-order valence-electron chi connectivity index (χ0n) is 11.7. The number of nitrogens with zero attached hydrogens (tertiary/aromatic N) is 3. The van der Waals surface area contributed by atoms with E-state index in [0.717, 1.165) is 18.7 Å². The second-order valence-corrected chi connectivity index (χ2v) is 6.06. The highest BCUT2D eigenvalue weighted by Gasteiger charge is 2.30. The van der Waals surface area contributed by atoms with Gasteiger partial charge in [0.05, 0.1) is 13.0 Å². The molecule has 0 amide bonds. The van der Waals surface area contributed by atoms with Gasteiger partial charge in [-0.15, -0.1) is 0 Å². The molecule has 0 spiro atoms.